The van der Waals surface area contributed by atoms with Crippen molar-refractivity contribution in [1.29, 1.82) is 0 Å². The van der Waals surface area contributed by atoms with Gasteiger partial charge in [0.25, 0.3) is 5.56 Å². The monoisotopic (exact) mass is 552 g/mol. The van der Waals surface area contributed by atoms with Crippen LogP contribution in [-0.2, 0) is 43.4 Å². The molecule has 40 heavy (non-hydrogen) atoms. The van der Waals surface area contributed by atoms with Gasteiger partial charge in [-0.1, -0.05) is 0 Å². The number of amides is 2. The third-order valence-corrected chi connectivity index (χ3v) is 7.66. The second kappa shape index (κ2) is 11.2. The lowest BCUT2D eigenvalue weighted by molar-refractivity contribution is -0.123. The first-order valence-corrected chi connectivity index (χ1v) is 12.9. The van der Waals surface area contributed by atoms with Gasteiger partial charge in [-0.3, -0.25) is 14.4 Å². The number of ether oxygens (including phenoxy) is 2. The Balaban J connectivity index is 1.60. The maximum Gasteiger partial charge on any atom is 0.257 e. The number of nitrogens with one attached hydrogen (secondary N) is 2. The molecule has 1 aromatic carbocycles. The van der Waals surface area contributed by atoms with Crippen LogP contribution in [0.5, 0.6) is 0 Å². The summed E-state index contributed by atoms with van der Waals surface area (Å²) >= 11 is 0. The van der Waals surface area contributed by atoms with Gasteiger partial charge in [0, 0.05) is 41.2 Å². The van der Waals surface area contributed by atoms with E-state index in [1.807, 2.05) is 0 Å². The highest BCUT2D eigenvalue weighted by molar-refractivity contribution is 5.93. The number of carbonyl (C=O) groups excluding carboxylic acids is 3. The Morgan fingerprint density at radius 3 is 2.85 bits per heavy atom. The van der Waals surface area contributed by atoms with E-state index in [2.05, 4.69) is 10.6 Å². The van der Waals surface area contributed by atoms with Crippen LogP contribution < -0.4 is 16.2 Å². The van der Waals surface area contributed by atoms with E-state index in [1.54, 1.807) is 13.0 Å². The average Bonchev–Trinajstić information content (AvgIpc) is 3.32. The highest BCUT2D eigenvalue weighted by atomic mass is 19.1. The predicted octanol–water partition coefficient (Wildman–Crippen LogP) is 1.12. The Hall–Kier alpha value is -4.00. The van der Waals surface area contributed by atoms with Crippen molar-refractivity contribution in [3.63, 3.8) is 0 Å². The number of methoxy groups -OCH3 is 1. The minimum Gasteiger partial charge on any atom is -0.381 e. The zero-order valence-electron chi connectivity index (χ0n) is 22.1. The van der Waals surface area contributed by atoms with Gasteiger partial charge in [-0.25, -0.2) is 9.37 Å². The molecule has 2 atom stereocenters. The number of halogens is 1. The van der Waals surface area contributed by atoms with E-state index in [-0.39, 0.29) is 55.9 Å². The maximum atomic E-state index is 15.0. The number of hydrogen-bond donors (Lipinski definition) is 3. The largest absolute Gasteiger partial charge is 0.381 e. The number of pyridine rings is 2. The number of aliphatic hydroxyl groups excluding tert-OH is 1. The number of carbonyl (C=O) groups is 3. The minimum absolute atomic E-state index is 0.0609. The van der Waals surface area contributed by atoms with Gasteiger partial charge in [0.2, 0.25) is 12.3 Å². The molecule has 3 aromatic rings. The number of nitrogens with zero attached hydrogens (tertiary/aromatic N) is 2. The molecule has 210 valence electrons. The molecule has 0 radical (unpaired) electrons. The van der Waals surface area contributed by atoms with Crippen molar-refractivity contribution >= 4 is 29.5 Å². The number of aryl methyl sites for hydroxylation is 1. The van der Waals surface area contributed by atoms with Crippen molar-refractivity contribution < 1.29 is 33.4 Å². The average molecular weight is 553 g/mol. The van der Waals surface area contributed by atoms with E-state index in [0.717, 1.165) is 22.1 Å². The standard InChI is InChI=1S/C28H29FN4O7/c1-14-16-4-3-15(10-40-13-31-24(37)7-30-12-35)25-18-8-33-22(27(18)32-21(26(16)25)6-20(14)29)5-17(23(36)9-34)19(11-39-2)28(33)38/h5-6,9,12,15,23,36H,3-4,7-8,10-11,13H2,1-2H3,(H,30,35)(H,31,37). The van der Waals surface area contributed by atoms with E-state index in [4.69, 9.17) is 14.5 Å². The van der Waals surface area contributed by atoms with Crippen LogP contribution >= 0.6 is 0 Å². The summed E-state index contributed by atoms with van der Waals surface area (Å²) in [5, 5.41) is 16.1. The highest BCUT2D eigenvalue weighted by Crippen LogP contribution is 2.45. The van der Waals surface area contributed by atoms with Crippen LogP contribution in [0.2, 0.25) is 0 Å². The van der Waals surface area contributed by atoms with Crippen molar-refractivity contribution in [3.8, 4) is 11.4 Å². The topological polar surface area (TPSA) is 149 Å². The van der Waals surface area contributed by atoms with Gasteiger partial charge in [-0.05, 0) is 42.5 Å². The van der Waals surface area contributed by atoms with Crippen LogP contribution in [0.4, 0.5) is 4.39 Å². The molecular weight excluding hydrogens is 523 g/mol. The summed E-state index contributed by atoms with van der Waals surface area (Å²) in [5.74, 6) is -0.898. The van der Waals surface area contributed by atoms with Crippen LogP contribution in [0.3, 0.4) is 0 Å². The van der Waals surface area contributed by atoms with Gasteiger partial charge in [0.05, 0.1) is 43.2 Å². The predicted molar refractivity (Wildman–Crippen MR) is 141 cm³/mol. The second-order valence-corrected chi connectivity index (χ2v) is 9.93. The first kappa shape index (κ1) is 27.6. The Morgan fingerprint density at radius 1 is 1.32 bits per heavy atom. The Kier molecular flexibility index (Phi) is 7.74. The summed E-state index contributed by atoms with van der Waals surface area (Å²) < 4.78 is 27.5. The zero-order valence-corrected chi connectivity index (χ0v) is 22.1. The molecule has 0 saturated heterocycles. The molecule has 11 nitrogen and oxygen atoms in total. The van der Waals surface area contributed by atoms with Crippen molar-refractivity contribution in [1.82, 2.24) is 20.2 Å². The summed E-state index contributed by atoms with van der Waals surface area (Å²) in [7, 11) is 1.42. The fraction of sp³-hybridized carbons (Fsp3) is 0.393. The molecule has 2 aliphatic rings. The lowest BCUT2D eigenvalue weighted by Gasteiger charge is -2.29. The zero-order chi connectivity index (χ0) is 28.6. The van der Waals surface area contributed by atoms with Crippen LogP contribution in [0, 0.1) is 12.7 Å². The van der Waals surface area contributed by atoms with Gasteiger partial charge >= 0.3 is 0 Å². The van der Waals surface area contributed by atoms with E-state index in [0.29, 0.717) is 48.0 Å². The maximum absolute atomic E-state index is 15.0. The molecule has 0 fully saturated rings. The van der Waals surface area contributed by atoms with E-state index in [1.165, 1.54) is 17.7 Å². The van der Waals surface area contributed by atoms with E-state index in [9.17, 15) is 28.7 Å². The molecule has 3 N–H and O–H groups in total. The molecule has 2 amide bonds. The van der Waals surface area contributed by atoms with Gasteiger partial charge in [0.15, 0.2) is 6.29 Å². The quantitative estimate of drug-likeness (QED) is 0.142. The van der Waals surface area contributed by atoms with Gasteiger partial charge in [0.1, 0.15) is 18.7 Å². The van der Waals surface area contributed by atoms with Crippen molar-refractivity contribution in [2.45, 2.75) is 44.9 Å². The Morgan fingerprint density at radius 2 is 2.12 bits per heavy atom. The molecule has 0 bridgehead atoms. The number of hydrogen-bond acceptors (Lipinski definition) is 8. The fourth-order valence-corrected chi connectivity index (χ4v) is 5.78. The molecule has 1 aliphatic carbocycles. The summed E-state index contributed by atoms with van der Waals surface area (Å²) in [5.41, 5.74) is 4.41. The van der Waals surface area contributed by atoms with Crippen molar-refractivity contribution in [2.24, 2.45) is 0 Å². The number of benzene rings is 1. The first-order chi connectivity index (χ1) is 19.3. The minimum atomic E-state index is -1.52. The number of fused-ring (bicyclic) bond motifs is 4. The van der Waals surface area contributed by atoms with E-state index >= 15 is 0 Å². The molecule has 0 spiro atoms. The summed E-state index contributed by atoms with van der Waals surface area (Å²) in [6.45, 7) is 1.89. The van der Waals surface area contributed by atoms with Crippen LogP contribution in [0.1, 0.15) is 51.8 Å². The molecule has 2 unspecified atom stereocenters. The number of aldehydes is 1. The second-order valence-electron chi connectivity index (χ2n) is 9.93. The van der Waals surface area contributed by atoms with Gasteiger partial charge in [-0.2, -0.15) is 0 Å². The fourth-order valence-electron chi connectivity index (χ4n) is 5.78. The molecule has 2 aromatic heterocycles. The van der Waals surface area contributed by atoms with Gasteiger partial charge < -0.3 is 34.6 Å². The number of rotatable bonds is 11. The van der Waals surface area contributed by atoms with Crippen LogP contribution in [-0.4, -0.2) is 60.3 Å². The molecule has 1 aliphatic heterocycles. The lowest BCUT2D eigenvalue weighted by Crippen LogP contribution is -2.35. The first-order valence-electron chi connectivity index (χ1n) is 12.9. The van der Waals surface area contributed by atoms with Crippen molar-refractivity contribution in [3.05, 3.63) is 61.7 Å². The normalized spacial score (nSPS) is 15.8. The molecular formula is C28H29FN4O7. The van der Waals surface area contributed by atoms with E-state index < -0.39 is 17.6 Å². The Labute approximate surface area is 228 Å². The van der Waals surface area contributed by atoms with Gasteiger partial charge in [-0.15, -0.1) is 0 Å². The Bertz CT molecular complexity index is 1590. The summed E-state index contributed by atoms with van der Waals surface area (Å²) in [6.07, 6.45) is 0.529. The third kappa shape index (κ3) is 4.67. The SMILES string of the molecule is COCc1c(C(O)C=O)cc2n(c1=O)Cc1c-2nc2cc(F)c(C)c3c2c1C(COCNC(=O)CNC=O)CC3. The van der Waals surface area contributed by atoms with Crippen LogP contribution in [0.15, 0.2) is 16.9 Å². The lowest BCUT2D eigenvalue weighted by atomic mass is 9.78. The molecule has 12 heteroatoms. The molecule has 3 heterocycles. The molecule has 0 saturated carbocycles. The van der Waals surface area contributed by atoms with Crippen molar-refractivity contribution in [2.75, 3.05) is 27.0 Å². The molecule has 5 rings (SSSR count). The van der Waals surface area contributed by atoms with Crippen LogP contribution in [0.25, 0.3) is 22.3 Å². The number of aliphatic hydroxyl groups is 1. The summed E-state index contributed by atoms with van der Waals surface area (Å²) in [6, 6.07) is 2.97. The number of aromatic nitrogens is 2. The smallest absolute Gasteiger partial charge is 0.257 e. The summed E-state index contributed by atoms with van der Waals surface area (Å²) in [4.78, 5) is 52.0. The highest BCUT2D eigenvalue weighted by Gasteiger charge is 2.35. The third-order valence-electron chi connectivity index (χ3n) is 7.66.